The Morgan fingerprint density at radius 1 is 0.967 bits per heavy atom. The molecule has 0 radical (unpaired) electrons. The smallest absolute Gasteiger partial charge is 0.223 e. The summed E-state index contributed by atoms with van der Waals surface area (Å²) in [5.74, 6) is 0.977. The van der Waals surface area contributed by atoms with Crippen molar-refractivity contribution in [2.24, 2.45) is 5.92 Å². The zero-order valence-electron chi connectivity index (χ0n) is 18.0. The van der Waals surface area contributed by atoms with E-state index >= 15 is 0 Å². The van der Waals surface area contributed by atoms with Crippen LogP contribution in [0, 0.1) is 5.92 Å². The van der Waals surface area contributed by atoms with Crippen molar-refractivity contribution in [2.75, 3.05) is 19.6 Å². The standard InChI is InChI=1S/C26H33BrN2O/c1-20-19-28(16-17-29(20)25(30)18-21-8-4-2-5-9-21)26(22-10-6-3-7-11-22)23-12-14-24(27)15-13-23/h3,6-7,10-15,20-21,26H,2,4-5,8-9,16-19H2,1H3. The van der Waals surface area contributed by atoms with Crippen LogP contribution in [-0.4, -0.2) is 41.4 Å². The van der Waals surface area contributed by atoms with Crippen molar-refractivity contribution in [2.45, 2.75) is 57.5 Å². The van der Waals surface area contributed by atoms with E-state index in [1.807, 2.05) is 0 Å². The Bertz CT molecular complexity index is 817. The van der Waals surface area contributed by atoms with Crippen LogP contribution in [-0.2, 0) is 4.79 Å². The molecule has 0 spiro atoms. The van der Waals surface area contributed by atoms with Gasteiger partial charge in [0.2, 0.25) is 5.91 Å². The van der Waals surface area contributed by atoms with Crippen LogP contribution in [0.15, 0.2) is 59.1 Å². The summed E-state index contributed by atoms with van der Waals surface area (Å²) < 4.78 is 1.10. The molecular weight excluding hydrogens is 436 g/mol. The maximum absolute atomic E-state index is 13.0. The summed E-state index contributed by atoms with van der Waals surface area (Å²) in [7, 11) is 0. The van der Waals surface area contributed by atoms with Crippen molar-refractivity contribution in [3.05, 3.63) is 70.2 Å². The molecule has 1 amide bonds. The van der Waals surface area contributed by atoms with Crippen molar-refractivity contribution in [1.82, 2.24) is 9.80 Å². The number of rotatable bonds is 5. The highest BCUT2D eigenvalue weighted by Crippen LogP contribution is 2.32. The highest BCUT2D eigenvalue weighted by molar-refractivity contribution is 9.10. The van der Waals surface area contributed by atoms with Gasteiger partial charge in [-0.3, -0.25) is 9.69 Å². The summed E-state index contributed by atoms with van der Waals surface area (Å²) in [6.45, 7) is 4.86. The lowest BCUT2D eigenvalue weighted by Gasteiger charge is -2.44. The first-order chi connectivity index (χ1) is 14.6. The zero-order chi connectivity index (χ0) is 20.9. The van der Waals surface area contributed by atoms with E-state index in [4.69, 9.17) is 0 Å². The molecule has 1 saturated heterocycles. The fraction of sp³-hybridized carbons (Fsp3) is 0.500. The first-order valence-electron chi connectivity index (χ1n) is 11.5. The Labute approximate surface area is 189 Å². The molecule has 3 nitrogen and oxygen atoms in total. The second kappa shape index (κ2) is 10.1. The van der Waals surface area contributed by atoms with Crippen LogP contribution in [0.5, 0.6) is 0 Å². The molecule has 0 N–H and O–H groups in total. The van der Waals surface area contributed by atoms with Gasteiger partial charge in [-0.15, -0.1) is 0 Å². The minimum absolute atomic E-state index is 0.220. The summed E-state index contributed by atoms with van der Waals surface area (Å²) in [5.41, 5.74) is 2.62. The van der Waals surface area contributed by atoms with E-state index in [2.05, 4.69) is 87.3 Å². The fourth-order valence-corrected chi connectivity index (χ4v) is 5.51. The normalized spacial score (nSPS) is 22.1. The van der Waals surface area contributed by atoms with Gasteiger partial charge in [-0.25, -0.2) is 0 Å². The molecule has 0 bridgehead atoms. The third kappa shape index (κ3) is 5.15. The highest BCUT2D eigenvalue weighted by atomic mass is 79.9. The van der Waals surface area contributed by atoms with Gasteiger partial charge in [0.1, 0.15) is 0 Å². The first-order valence-corrected chi connectivity index (χ1v) is 12.2. The Kier molecular flexibility index (Phi) is 7.27. The highest BCUT2D eigenvalue weighted by Gasteiger charge is 2.33. The first kappa shape index (κ1) is 21.6. The number of hydrogen-bond donors (Lipinski definition) is 0. The molecule has 2 fully saturated rings. The molecule has 2 unspecified atom stereocenters. The number of amides is 1. The summed E-state index contributed by atoms with van der Waals surface area (Å²) >= 11 is 3.56. The topological polar surface area (TPSA) is 23.6 Å². The third-order valence-electron chi connectivity index (χ3n) is 6.83. The van der Waals surface area contributed by atoms with E-state index in [1.165, 1.54) is 43.2 Å². The Morgan fingerprint density at radius 2 is 1.63 bits per heavy atom. The lowest BCUT2D eigenvalue weighted by molar-refractivity contribution is -0.137. The molecule has 4 heteroatoms. The summed E-state index contributed by atoms with van der Waals surface area (Å²) in [6, 6.07) is 19.9. The van der Waals surface area contributed by atoms with Crippen molar-refractivity contribution in [3.8, 4) is 0 Å². The predicted octanol–water partition coefficient (Wildman–Crippen LogP) is 6.04. The summed E-state index contributed by atoms with van der Waals surface area (Å²) in [4.78, 5) is 17.7. The number of piperazine rings is 1. The average molecular weight is 469 g/mol. The maximum Gasteiger partial charge on any atom is 0.223 e. The van der Waals surface area contributed by atoms with Gasteiger partial charge in [-0.1, -0.05) is 77.7 Å². The summed E-state index contributed by atoms with van der Waals surface area (Å²) in [6.07, 6.45) is 7.16. The second-order valence-electron chi connectivity index (χ2n) is 9.00. The van der Waals surface area contributed by atoms with Crippen LogP contribution >= 0.6 is 15.9 Å². The average Bonchev–Trinajstić information content (AvgIpc) is 2.77. The number of benzene rings is 2. The quantitative estimate of drug-likeness (QED) is 0.533. The van der Waals surface area contributed by atoms with E-state index < -0.39 is 0 Å². The Hall–Kier alpha value is -1.65. The van der Waals surface area contributed by atoms with Crippen LogP contribution in [0.25, 0.3) is 0 Å². The minimum atomic E-state index is 0.220. The van der Waals surface area contributed by atoms with E-state index in [9.17, 15) is 4.79 Å². The van der Waals surface area contributed by atoms with Gasteiger partial charge < -0.3 is 4.90 Å². The fourth-order valence-electron chi connectivity index (χ4n) is 5.24. The lowest BCUT2D eigenvalue weighted by atomic mass is 9.86. The Balaban J connectivity index is 1.47. The van der Waals surface area contributed by atoms with Crippen molar-refractivity contribution in [1.29, 1.82) is 0 Å². The van der Waals surface area contributed by atoms with Crippen LogP contribution in [0.4, 0.5) is 0 Å². The molecule has 2 aliphatic rings. The maximum atomic E-state index is 13.0. The number of carbonyl (C=O) groups is 1. The molecule has 4 rings (SSSR count). The lowest BCUT2D eigenvalue weighted by Crippen LogP contribution is -2.55. The molecule has 0 aromatic heterocycles. The number of hydrogen-bond acceptors (Lipinski definition) is 2. The van der Waals surface area contributed by atoms with Gasteiger partial charge in [0.05, 0.1) is 6.04 Å². The zero-order valence-corrected chi connectivity index (χ0v) is 19.6. The molecule has 2 aromatic rings. The second-order valence-corrected chi connectivity index (χ2v) is 9.92. The van der Waals surface area contributed by atoms with Gasteiger partial charge in [0, 0.05) is 36.6 Å². The van der Waals surface area contributed by atoms with Gasteiger partial charge >= 0.3 is 0 Å². The number of carbonyl (C=O) groups excluding carboxylic acids is 1. The van der Waals surface area contributed by atoms with E-state index in [1.54, 1.807) is 0 Å². The van der Waals surface area contributed by atoms with Crippen LogP contribution in [0.1, 0.15) is 62.6 Å². The molecule has 1 saturated carbocycles. The molecule has 2 aromatic carbocycles. The molecule has 2 atom stereocenters. The molecule has 1 heterocycles. The van der Waals surface area contributed by atoms with Crippen LogP contribution in [0.2, 0.25) is 0 Å². The molecular formula is C26H33BrN2O. The SMILES string of the molecule is CC1CN(C(c2ccccc2)c2ccc(Br)cc2)CCN1C(=O)CC1CCCCC1. The van der Waals surface area contributed by atoms with E-state index in [0.29, 0.717) is 11.8 Å². The molecule has 1 aliphatic carbocycles. The number of nitrogens with zero attached hydrogens (tertiary/aromatic N) is 2. The van der Waals surface area contributed by atoms with Crippen LogP contribution < -0.4 is 0 Å². The van der Waals surface area contributed by atoms with Gasteiger partial charge in [-0.2, -0.15) is 0 Å². The minimum Gasteiger partial charge on any atom is -0.337 e. The van der Waals surface area contributed by atoms with Crippen LogP contribution in [0.3, 0.4) is 0 Å². The van der Waals surface area contributed by atoms with E-state index in [-0.39, 0.29) is 12.1 Å². The van der Waals surface area contributed by atoms with Crippen molar-refractivity contribution in [3.63, 3.8) is 0 Å². The van der Waals surface area contributed by atoms with Gasteiger partial charge in [-0.05, 0) is 48.9 Å². The summed E-state index contributed by atoms with van der Waals surface area (Å²) in [5, 5.41) is 0. The third-order valence-corrected chi connectivity index (χ3v) is 7.36. The van der Waals surface area contributed by atoms with Gasteiger partial charge in [0.25, 0.3) is 0 Å². The van der Waals surface area contributed by atoms with E-state index in [0.717, 1.165) is 30.5 Å². The van der Waals surface area contributed by atoms with Gasteiger partial charge in [0.15, 0.2) is 0 Å². The molecule has 30 heavy (non-hydrogen) atoms. The number of halogens is 1. The molecule has 1 aliphatic heterocycles. The van der Waals surface area contributed by atoms with Crippen molar-refractivity contribution >= 4 is 21.8 Å². The monoisotopic (exact) mass is 468 g/mol. The molecule has 160 valence electrons. The predicted molar refractivity (Wildman–Crippen MR) is 126 cm³/mol. The Morgan fingerprint density at radius 3 is 2.30 bits per heavy atom. The largest absolute Gasteiger partial charge is 0.337 e. The van der Waals surface area contributed by atoms with Crippen molar-refractivity contribution < 1.29 is 4.79 Å².